The summed E-state index contributed by atoms with van der Waals surface area (Å²) >= 11 is 1.48. The molecule has 1 fully saturated rings. The van der Waals surface area contributed by atoms with Crippen LogP contribution in [-0.4, -0.2) is 79.4 Å². The van der Waals surface area contributed by atoms with E-state index in [0.29, 0.717) is 31.4 Å². The number of aromatic nitrogens is 3. The van der Waals surface area contributed by atoms with E-state index in [1.54, 1.807) is 4.90 Å². The van der Waals surface area contributed by atoms with E-state index in [1.165, 1.54) is 31.6 Å². The average Bonchev–Trinajstić information content (AvgIpc) is 3.23. The molecule has 4 rings (SSSR count). The highest BCUT2D eigenvalue weighted by Gasteiger charge is 2.25. The lowest BCUT2D eigenvalue weighted by Crippen LogP contribution is -2.43. The Labute approximate surface area is 178 Å². The first-order valence-electron chi connectivity index (χ1n) is 9.62. The molecule has 0 bridgehead atoms. The third kappa shape index (κ3) is 4.50. The van der Waals surface area contributed by atoms with Gasteiger partial charge in [-0.05, 0) is 12.1 Å². The van der Waals surface area contributed by atoms with Gasteiger partial charge in [-0.15, -0.1) is 0 Å². The van der Waals surface area contributed by atoms with E-state index in [2.05, 4.69) is 19.9 Å². The van der Waals surface area contributed by atoms with Crippen LogP contribution in [0.15, 0.2) is 30.3 Å². The zero-order chi connectivity index (χ0) is 20.9. The number of amides is 1. The molecular weight excluding hydrogens is 406 g/mol. The molecule has 0 radical (unpaired) electrons. The molecule has 3 aromatic rings. The highest BCUT2D eigenvalue weighted by molar-refractivity contribution is 7.22. The van der Waals surface area contributed by atoms with Crippen molar-refractivity contribution < 1.29 is 19.0 Å². The van der Waals surface area contributed by atoms with E-state index >= 15 is 0 Å². The van der Waals surface area contributed by atoms with Crippen LogP contribution in [-0.2, 0) is 4.74 Å². The molecule has 0 spiro atoms. The Morgan fingerprint density at radius 2 is 1.97 bits per heavy atom. The lowest BCUT2D eigenvalue weighted by atomic mass is 10.3. The number of methoxy groups -OCH3 is 2. The number of fused-ring (bicyclic) bond motifs is 1. The molecule has 1 amide bonds. The van der Waals surface area contributed by atoms with Crippen molar-refractivity contribution in [1.82, 2.24) is 19.9 Å². The maximum atomic E-state index is 13.5. The van der Waals surface area contributed by atoms with Gasteiger partial charge >= 0.3 is 6.01 Å². The molecule has 0 atom stereocenters. The highest BCUT2D eigenvalue weighted by Crippen LogP contribution is 2.30. The fourth-order valence-electron chi connectivity index (χ4n) is 3.17. The smallest absolute Gasteiger partial charge is 0.320 e. The number of para-hydroxylation sites is 1. The van der Waals surface area contributed by atoms with Gasteiger partial charge in [-0.25, -0.2) is 4.98 Å². The molecule has 0 N–H and O–H groups in total. The number of hydrogen-bond acceptors (Lipinski definition) is 9. The monoisotopic (exact) mass is 429 g/mol. The summed E-state index contributed by atoms with van der Waals surface area (Å²) in [5, 5.41) is 0.631. The van der Waals surface area contributed by atoms with Crippen molar-refractivity contribution in [3.63, 3.8) is 0 Å². The van der Waals surface area contributed by atoms with Gasteiger partial charge in [0, 0.05) is 32.2 Å². The number of hydrogen-bond donors (Lipinski definition) is 0. The zero-order valence-corrected chi connectivity index (χ0v) is 17.7. The molecule has 3 heterocycles. The largest absolute Gasteiger partial charge is 0.481 e. The number of rotatable bonds is 7. The highest BCUT2D eigenvalue weighted by atomic mass is 32.1. The van der Waals surface area contributed by atoms with Gasteiger partial charge in [-0.1, -0.05) is 23.5 Å². The van der Waals surface area contributed by atoms with Crippen molar-refractivity contribution in [3.8, 4) is 11.9 Å². The summed E-state index contributed by atoms with van der Waals surface area (Å²) in [6, 6.07) is 9.43. The van der Waals surface area contributed by atoms with Gasteiger partial charge in [0.15, 0.2) is 5.13 Å². The Balaban J connectivity index is 1.65. The number of ether oxygens (including phenoxy) is 3. The minimum Gasteiger partial charge on any atom is -0.481 e. The third-order valence-corrected chi connectivity index (χ3v) is 5.85. The van der Waals surface area contributed by atoms with Crippen molar-refractivity contribution in [3.05, 3.63) is 36.0 Å². The van der Waals surface area contributed by atoms with Crippen LogP contribution >= 0.6 is 11.3 Å². The van der Waals surface area contributed by atoms with E-state index in [9.17, 15) is 4.79 Å². The predicted octanol–water partition coefficient (Wildman–Crippen LogP) is 2.08. The Morgan fingerprint density at radius 1 is 1.17 bits per heavy atom. The Morgan fingerprint density at radius 3 is 2.70 bits per heavy atom. The fourth-order valence-corrected chi connectivity index (χ4v) is 4.16. The van der Waals surface area contributed by atoms with Crippen LogP contribution in [0, 0.1) is 0 Å². The van der Waals surface area contributed by atoms with Crippen LogP contribution in [0.5, 0.6) is 11.9 Å². The van der Waals surface area contributed by atoms with Gasteiger partial charge in [0.2, 0.25) is 5.88 Å². The summed E-state index contributed by atoms with van der Waals surface area (Å²) in [5.41, 5.74) is 1.06. The van der Waals surface area contributed by atoms with E-state index < -0.39 is 0 Å². The molecule has 2 aromatic heterocycles. The molecule has 0 aliphatic carbocycles. The molecule has 30 heavy (non-hydrogen) atoms. The second kappa shape index (κ2) is 9.33. The molecule has 1 aromatic carbocycles. The number of morpholine rings is 1. The van der Waals surface area contributed by atoms with E-state index in [4.69, 9.17) is 14.2 Å². The van der Waals surface area contributed by atoms with Crippen molar-refractivity contribution >= 4 is 32.6 Å². The van der Waals surface area contributed by atoms with E-state index in [1.807, 2.05) is 24.3 Å². The zero-order valence-electron chi connectivity index (χ0n) is 16.9. The van der Waals surface area contributed by atoms with Crippen LogP contribution in [0.2, 0.25) is 0 Å². The average molecular weight is 430 g/mol. The number of anilines is 1. The number of carbonyl (C=O) groups excluding carboxylic acids is 1. The maximum absolute atomic E-state index is 13.5. The summed E-state index contributed by atoms with van der Waals surface area (Å²) in [6.45, 7) is 4.29. The molecule has 0 unspecified atom stereocenters. The lowest BCUT2D eigenvalue weighted by molar-refractivity contribution is 0.0391. The third-order valence-electron chi connectivity index (χ3n) is 4.80. The van der Waals surface area contributed by atoms with E-state index in [0.717, 1.165) is 23.3 Å². The number of benzene rings is 1. The molecule has 1 saturated heterocycles. The topological polar surface area (TPSA) is 89.9 Å². The normalized spacial score (nSPS) is 14.6. The molecule has 1 aliphatic heterocycles. The van der Waals surface area contributed by atoms with Gasteiger partial charge in [0.25, 0.3) is 5.91 Å². The lowest BCUT2D eigenvalue weighted by Gasteiger charge is -2.29. The van der Waals surface area contributed by atoms with Gasteiger partial charge in [-0.2, -0.15) is 9.97 Å². The number of carbonyl (C=O) groups is 1. The SMILES string of the molecule is COc1cc(C(=O)N(CCN2CCOCC2)c2nc3ccccc3s2)nc(OC)n1. The molecule has 0 saturated carbocycles. The first-order chi connectivity index (χ1) is 14.7. The Bertz CT molecular complexity index is 966. The summed E-state index contributed by atoms with van der Waals surface area (Å²) in [4.78, 5) is 30.4. The second-order valence-electron chi connectivity index (χ2n) is 6.66. The van der Waals surface area contributed by atoms with Gasteiger partial charge in [0.1, 0.15) is 5.69 Å². The summed E-state index contributed by atoms with van der Waals surface area (Å²) in [5.74, 6) is -0.0102. The minimum atomic E-state index is -0.277. The molecular formula is C20H23N5O4S. The number of nitrogens with zero attached hydrogens (tertiary/aromatic N) is 5. The quantitative estimate of drug-likeness (QED) is 0.564. The minimum absolute atomic E-state index is 0.0788. The predicted molar refractivity (Wildman–Crippen MR) is 114 cm³/mol. The molecule has 1 aliphatic rings. The van der Waals surface area contributed by atoms with E-state index in [-0.39, 0.29) is 23.5 Å². The number of thiazole rings is 1. The molecule has 158 valence electrons. The Hall–Kier alpha value is -2.82. The van der Waals surface area contributed by atoms with Crippen LogP contribution in [0.4, 0.5) is 5.13 Å². The summed E-state index contributed by atoms with van der Waals surface area (Å²) < 4.78 is 16.8. The first kappa shape index (κ1) is 20.5. The van der Waals surface area contributed by atoms with Crippen molar-refractivity contribution in [2.24, 2.45) is 0 Å². The molecule has 9 nitrogen and oxygen atoms in total. The first-order valence-corrected chi connectivity index (χ1v) is 10.4. The van der Waals surface area contributed by atoms with Gasteiger partial charge < -0.3 is 14.2 Å². The van der Waals surface area contributed by atoms with Gasteiger partial charge in [-0.3, -0.25) is 14.6 Å². The maximum Gasteiger partial charge on any atom is 0.320 e. The summed E-state index contributed by atoms with van der Waals surface area (Å²) in [7, 11) is 2.94. The van der Waals surface area contributed by atoms with Crippen LogP contribution in [0.1, 0.15) is 10.5 Å². The Kier molecular flexibility index (Phi) is 6.36. The molecule has 10 heteroatoms. The van der Waals surface area contributed by atoms with Crippen LogP contribution in [0.3, 0.4) is 0 Å². The fraction of sp³-hybridized carbons (Fsp3) is 0.400. The van der Waals surface area contributed by atoms with Crippen molar-refractivity contribution in [1.29, 1.82) is 0 Å². The van der Waals surface area contributed by atoms with Gasteiger partial charge in [0.05, 0.1) is 37.6 Å². The van der Waals surface area contributed by atoms with Crippen LogP contribution in [0.25, 0.3) is 10.2 Å². The summed E-state index contributed by atoms with van der Waals surface area (Å²) in [6.07, 6.45) is 0. The van der Waals surface area contributed by atoms with Crippen molar-refractivity contribution in [2.75, 3.05) is 58.5 Å². The van der Waals surface area contributed by atoms with Crippen LogP contribution < -0.4 is 14.4 Å². The standard InChI is InChI=1S/C20H23N5O4S/c1-27-17-13-15(21-19(23-17)28-2)18(26)25(8-7-24-9-11-29-12-10-24)20-22-14-5-3-4-6-16(14)30-20/h3-6,13H,7-12H2,1-2H3. The second-order valence-corrected chi connectivity index (χ2v) is 7.67. The van der Waals surface area contributed by atoms with Crippen molar-refractivity contribution in [2.45, 2.75) is 0 Å².